The van der Waals surface area contributed by atoms with Gasteiger partial charge in [0.05, 0.1) is 7.11 Å². The van der Waals surface area contributed by atoms with Crippen molar-refractivity contribution in [2.24, 2.45) is 0 Å². The van der Waals surface area contributed by atoms with Crippen LogP contribution in [-0.4, -0.2) is 31.3 Å². The number of amides is 1. The highest BCUT2D eigenvalue weighted by Gasteiger charge is 2.13. The summed E-state index contributed by atoms with van der Waals surface area (Å²) in [6.07, 6.45) is 1.32. The fraction of sp³-hybridized carbons (Fsp3) is 0.273. The van der Waals surface area contributed by atoms with Crippen molar-refractivity contribution in [3.63, 3.8) is 0 Å². The second-order valence-electron chi connectivity index (χ2n) is 6.86. The smallest absolute Gasteiger partial charge is 0.251 e. The van der Waals surface area contributed by atoms with Crippen LogP contribution in [0.4, 0.5) is 0 Å². The van der Waals surface area contributed by atoms with Gasteiger partial charge in [0.25, 0.3) is 5.56 Å². The van der Waals surface area contributed by atoms with Crippen molar-refractivity contribution in [2.75, 3.05) is 20.4 Å². The van der Waals surface area contributed by atoms with Gasteiger partial charge >= 0.3 is 0 Å². The second-order valence-corrected chi connectivity index (χ2v) is 6.86. The molecule has 3 aromatic rings. The topological polar surface area (TPSA) is 89.7 Å². The molecule has 1 amide bonds. The van der Waals surface area contributed by atoms with E-state index in [9.17, 15) is 9.59 Å². The molecule has 0 bridgehead atoms. The maximum absolute atomic E-state index is 12.3. The molecule has 0 fully saturated rings. The zero-order valence-electron chi connectivity index (χ0n) is 16.1. The molecule has 0 saturated heterocycles. The van der Waals surface area contributed by atoms with E-state index >= 15 is 0 Å². The highest BCUT2D eigenvalue weighted by Crippen LogP contribution is 2.32. The number of hydrogen-bond donors (Lipinski definition) is 2. The van der Waals surface area contributed by atoms with Crippen LogP contribution in [-0.2, 0) is 17.6 Å². The van der Waals surface area contributed by atoms with E-state index in [1.807, 2.05) is 36.4 Å². The highest BCUT2D eigenvalue weighted by atomic mass is 16.7. The molecule has 1 aliphatic heterocycles. The summed E-state index contributed by atoms with van der Waals surface area (Å²) in [6.45, 7) is 0.764. The lowest BCUT2D eigenvalue weighted by Gasteiger charge is -2.07. The van der Waals surface area contributed by atoms with E-state index < -0.39 is 0 Å². The van der Waals surface area contributed by atoms with Gasteiger partial charge in [-0.05, 0) is 54.8 Å². The summed E-state index contributed by atoms with van der Waals surface area (Å²) >= 11 is 0. The van der Waals surface area contributed by atoms with Crippen molar-refractivity contribution in [1.29, 1.82) is 0 Å². The molecule has 0 unspecified atom stereocenters. The first kappa shape index (κ1) is 18.9. The normalized spacial score (nSPS) is 12.2. The average molecular weight is 394 g/mol. The second kappa shape index (κ2) is 8.26. The molecule has 2 N–H and O–H groups in total. The van der Waals surface area contributed by atoms with E-state index in [1.165, 1.54) is 0 Å². The van der Waals surface area contributed by atoms with Gasteiger partial charge in [0.1, 0.15) is 5.75 Å². The molecule has 2 heterocycles. The number of methoxy groups -OCH3 is 1. The van der Waals surface area contributed by atoms with Gasteiger partial charge in [-0.3, -0.25) is 9.59 Å². The van der Waals surface area contributed by atoms with Crippen LogP contribution >= 0.6 is 0 Å². The third-order valence-electron chi connectivity index (χ3n) is 4.92. The first-order chi connectivity index (χ1) is 14.1. The predicted octanol–water partition coefficient (Wildman–Crippen LogP) is 2.56. The van der Waals surface area contributed by atoms with Crippen molar-refractivity contribution < 1.29 is 19.0 Å². The van der Waals surface area contributed by atoms with Crippen LogP contribution in [0.25, 0.3) is 10.9 Å². The van der Waals surface area contributed by atoms with Crippen LogP contribution in [0.15, 0.2) is 47.3 Å². The molecule has 0 aliphatic carbocycles. The van der Waals surface area contributed by atoms with Gasteiger partial charge in [0, 0.05) is 29.4 Å². The first-order valence-electron chi connectivity index (χ1n) is 9.47. The molecule has 7 heteroatoms. The SMILES string of the molecule is COc1ccc2[nH]c(=O)c(CCC(=O)NCCc3ccc4c(c3)OCO4)cc2c1. The molecule has 29 heavy (non-hydrogen) atoms. The Morgan fingerprint density at radius 3 is 2.83 bits per heavy atom. The third kappa shape index (κ3) is 4.34. The third-order valence-corrected chi connectivity index (χ3v) is 4.92. The molecular weight excluding hydrogens is 372 g/mol. The standard InChI is InChI=1S/C22H22N2O5/c1-27-17-4-5-18-16(12-17)11-15(22(26)24-18)3-7-21(25)23-9-8-14-2-6-19-20(10-14)29-13-28-19/h2,4-6,10-12H,3,7-9,13H2,1H3,(H,23,25)(H,24,26). The minimum absolute atomic E-state index is 0.0871. The van der Waals surface area contributed by atoms with E-state index in [0.29, 0.717) is 24.9 Å². The molecular formula is C22H22N2O5. The number of carbonyl (C=O) groups excluding carboxylic acids is 1. The summed E-state index contributed by atoms with van der Waals surface area (Å²) in [5.74, 6) is 2.12. The number of hydrogen-bond acceptors (Lipinski definition) is 5. The van der Waals surface area contributed by atoms with Crippen molar-refractivity contribution in [3.05, 3.63) is 63.9 Å². The number of aryl methyl sites for hydroxylation is 1. The zero-order valence-corrected chi connectivity index (χ0v) is 16.1. The minimum atomic E-state index is -0.171. The summed E-state index contributed by atoms with van der Waals surface area (Å²) in [5, 5.41) is 3.78. The quantitative estimate of drug-likeness (QED) is 0.643. The van der Waals surface area contributed by atoms with Crippen LogP contribution in [0, 0.1) is 0 Å². The van der Waals surface area contributed by atoms with Gasteiger partial charge < -0.3 is 24.5 Å². The monoisotopic (exact) mass is 394 g/mol. The lowest BCUT2D eigenvalue weighted by molar-refractivity contribution is -0.121. The maximum Gasteiger partial charge on any atom is 0.251 e. The fourth-order valence-electron chi connectivity index (χ4n) is 3.32. The lowest BCUT2D eigenvalue weighted by Crippen LogP contribution is -2.26. The Balaban J connectivity index is 1.31. The van der Waals surface area contributed by atoms with Crippen LogP contribution in [0.2, 0.25) is 0 Å². The number of pyridine rings is 1. The zero-order chi connectivity index (χ0) is 20.2. The number of nitrogens with one attached hydrogen (secondary N) is 2. The summed E-state index contributed by atoms with van der Waals surface area (Å²) in [7, 11) is 1.60. The number of rotatable bonds is 7. The molecule has 7 nitrogen and oxygen atoms in total. The number of H-pyrrole nitrogens is 1. The van der Waals surface area contributed by atoms with Crippen molar-refractivity contribution in [1.82, 2.24) is 10.3 Å². The Morgan fingerprint density at radius 1 is 1.10 bits per heavy atom. The molecule has 150 valence electrons. The largest absolute Gasteiger partial charge is 0.497 e. The molecule has 0 spiro atoms. The molecule has 4 rings (SSSR count). The average Bonchev–Trinajstić information content (AvgIpc) is 3.20. The van der Waals surface area contributed by atoms with Crippen LogP contribution < -0.4 is 25.1 Å². The van der Waals surface area contributed by atoms with Crippen LogP contribution in [0.5, 0.6) is 17.2 Å². The fourth-order valence-corrected chi connectivity index (χ4v) is 3.32. The van der Waals surface area contributed by atoms with E-state index in [4.69, 9.17) is 14.2 Å². The van der Waals surface area contributed by atoms with Crippen molar-refractivity contribution >= 4 is 16.8 Å². The van der Waals surface area contributed by atoms with Gasteiger partial charge in [-0.1, -0.05) is 6.07 Å². The molecule has 1 aliphatic rings. The maximum atomic E-state index is 12.3. The summed E-state index contributed by atoms with van der Waals surface area (Å²) in [6, 6.07) is 13.0. The van der Waals surface area contributed by atoms with E-state index in [0.717, 1.165) is 33.7 Å². The Hall–Kier alpha value is -3.48. The van der Waals surface area contributed by atoms with Crippen molar-refractivity contribution in [2.45, 2.75) is 19.3 Å². The van der Waals surface area contributed by atoms with Crippen LogP contribution in [0.1, 0.15) is 17.5 Å². The number of ether oxygens (including phenoxy) is 3. The van der Waals surface area contributed by atoms with Crippen molar-refractivity contribution in [3.8, 4) is 17.2 Å². The molecule has 0 saturated carbocycles. The number of carbonyl (C=O) groups is 1. The minimum Gasteiger partial charge on any atom is -0.497 e. The number of fused-ring (bicyclic) bond motifs is 2. The van der Waals surface area contributed by atoms with Gasteiger partial charge in [-0.25, -0.2) is 0 Å². The molecule has 0 radical (unpaired) electrons. The predicted molar refractivity (Wildman–Crippen MR) is 109 cm³/mol. The van der Waals surface area contributed by atoms with Gasteiger partial charge in [-0.15, -0.1) is 0 Å². The van der Waals surface area contributed by atoms with Gasteiger partial charge in [-0.2, -0.15) is 0 Å². The van der Waals surface area contributed by atoms with Crippen LogP contribution in [0.3, 0.4) is 0 Å². The lowest BCUT2D eigenvalue weighted by atomic mass is 10.1. The molecule has 0 atom stereocenters. The van der Waals surface area contributed by atoms with E-state index in [2.05, 4.69) is 10.3 Å². The summed E-state index contributed by atoms with van der Waals surface area (Å²) in [5.41, 5.74) is 2.22. The summed E-state index contributed by atoms with van der Waals surface area (Å²) in [4.78, 5) is 27.3. The molecule has 2 aromatic carbocycles. The molecule has 1 aromatic heterocycles. The van der Waals surface area contributed by atoms with E-state index in [-0.39, 0.29) is 24.7 Å². The highest BCUT2D eigenvalue weighted by molar-refractivity contribution is 5.81. The summed E-state index contributed by atoms with van der Waals surface area (Å²) < 4.78 is 15.9. The Labute approximate surface area is 167 Å². The number of benzene rings is 2. The Kier molecular flexibility index (Phi) is 5.37. The number of aromatic amines is 1. The van der Waals surface area contributed by atoms with E-state index in [1.54, 1.807) is 13.2 Å². The number of aromatic nitrogens is 1. The van der Waals surface area contributed by atoms with Gasteiger partial charge in [0.2, 0.25) is 12.7 Å². The Morgan fingerprint density at radius 2 is 1.97 bits per heavy atom. The van der Waals surface area contributed by atoms with Gasteiger partial charge in [0.15, 0.2) is 11.5 Å². The Bertz CT molecular complexity index is 1110. The first-order valence-corrected chi connectivity index (χ1v) is 9.47.